The van der Waals surface area contributed by atoms with E-state index in [9.17, 15) is 43.2 Å². The number of phosphoric acid groups is 2. The number of ether oxygens (including phenoxy) is 4. The van der Waals surface area contributed by atoms with Crippen LogP contribution in [0.4, 0.5) is 0 Å². The summed E-state index contributed by atoms with van der Waals surface area (Å²) in [6, 6.07) is 0. The van der Waals surface area contributed by atoms with Gasteiger partial charge in [-0.05, 0) is 31.6 Å². The van der Waals surface area contributed by atoms with E-state index in [-0.39, 0.29) is 25.7 Å². The molecule has 0 aromatic rings. The van der Waals surface area contributed by atoms with Crippen LogP contribution in [0.15, 0.2) is 0 Å². The first kappa shape index (κ1) is 91.1. The topological polar surface area (TPSA) is 237 Å². The lowest BCUT2D eigenvalue weighted by Crippen LogP contribution is -2.30. The van der Waals surface area contributed by atoms with Crippen molar-refractivity contribution < 1.29 is 80.2 Å². The molecule has 0 rings (SSSR count). The van der Waals surface area contributed by atoms with Crippen molar-refractivity contribution >= 4 is 39.5 Å². The highest BCUT2D eigenvalue weighted by molar-refractivity contribution is 7.47. The fraction of sp³-hybridized carbons (Fsp3) is 0.946. The molecule has 0 fully saturated rings. The van der Waals surface area contributed by atoms with Crippen LogP contribution in [0.25, 0.3) is 0 Å². The number of carbonyl (C=O) groups is 4. The second-order valence-electron chi connectivity index (χ2n) is 27.2. The summed E-state index contributed by atoms with van der Waals surface area (Å²) in [5.41, 5.74) is 0. The first-order valence-electron chi connectivity index (χ1n) is 38.6. The van der Waals surface area contributed by atoms with Crippen molar-refractivity contribution in [1.82, 2.24) is 0 Å². The summed E-state index contributed by atoms with van der Waals surface area (Å²) in [6.45, 7) is 7.20. The molecular formula is C74H144O17P2. The highest BCUT2D eigenvalue weighted by Gasteiger charge is 2.30. The molecule has 93 heavy (non-hydrogen) atoms. The molecule has 0 aliphatic carbocycles. The molecule has 0 saturated heterocycles. The third-order valence-electron chi connectivity index (χ3n) is 17.3. The SMILES string of the molecule is CCCCCCCCCCCCCCCCCCCCCCCC(=O)O[C@H](COC(=O)CCCCCCCCCCCCCC)COP(=O)(O)OC[C@@H](O)COP(=O)(O)OC[C@@H](COC(=O)CCCCCCCCCCCC)OC(=O)CCCCCCCCCC(C)C. The molecule has 17 nitrogen and oxygen atoms in total. The molecule has 0 bridgehead atoms. The minimum Gasteiger partial charge on any atom is -0.462 e. The molecular weight excluding hydrogens is 1220 g/mol. The Kier molecular flexibility index (Phi) is 65.9. The van der Waals surface area contributed by atoms with Crippen molar-refractivity contribution in [2.75, 3.05) is 39.6 Å². The van der Waals surface area contributed by atoms with Gasteiger partial charge in [-0.3, -0.25) is 37.3 Å². The first-order valence-corrected chi connectivity index (χ1v) is 41.6. The van der Waals surface area contributed by atoms with Gasteiger partial charge in [0.2, 0.25) is 0 Å². The van der Waals surface area contributed by atoms with E-state index in [2.05, 4.69) is 34.6 Å². The minimum atomic E-state index is -4.95. The van der Waals surface area contributed by atoms with Crippen LogP contribution in [-0.4, -0.2) is 96.7 Å². The maximum atomic E-state index is 13.1. The summed E-state index contributed by atoms with van der Waals surface area (Å²) in [6.07, 6.45) is 55.7. The highest BCUT2D eigenvalue weighted by atomic mass is 31.2. The molecule has 0 aliphatic heterocycles. The van der Waals surface area contributed by atoms with Crippen molar-refractivity contribution in [1.29, 1.82) is 0 Å². The lowest BCUT2D eigenvalue weighted by atomic mass is 10.0. The van der Waals surface area contributed by atoms with E-state index in [1.54, 1.807) is 0 Å². The number of unbranched alkanes of at least 4 members (excludes halogenated alkanes) is 46. The van der Waals surface area contributed by atoms with Crippen LogP contribution in [0.3, 0.4) is 0 Å². The highest BCUT2D eigenvalue weighted by Crippen LogP contribution is 2.45. The van der Waals surface area contributed by atoms with Crippen LogP contribution < -0.4 is 0 Å². The summed E-state index contributed by atoms with van der Waals surface area (Å²) < 4.78 is 68.4. The van der Waals surface area contributed by atoms with Crippen LogP contribution in [0.2, 0.25) is 0 Å². The Hall–Kier alpha value is -1.94. The number of hydrogen-bond donors (Lipinski definition) is 3. The molecule has 19 heteroatoms. The Balaban J connectivity index is 5.17. The van der Waals surface area contributed by atoms with Crippen molar-refractivity contribution in [3.8, 4) is 0 Å². The van der Waals surface area contributed by atoms with Gasteiger partial charge in [-0.1, -0.05) is 336 Å². The fourth-order valence-corrected chi connectivity index (χ4v) is 12.9. The summed E-state index contributed by atoms with van der Waals surface area (Å²) in [5.74, 6) is -1.42. The average Bonchev–Trinajstić information content (AvgIpc) is 1.78. The molecule has 0 aromatic carbocycles. The van der Waals surface area contributed by atoms with Gasteiger partial charge in [0.25, 0.3) is 0 Å². The zero-order valence-corrected chi connectivity index (χ0v) is 62.2. The molecule has 0 heterocycles. The molecule has 0 aliphatic rings. The van der Waals surface area contributed by atoms with Crippen LogP contribution in [-0.2, 0) is 65.4 Å². The summed E-state index contributed by atoms with van der Waals surface area (Å²) in [4.78, 5) is 72.6. The quantitative estimate of drug-likeness (QED) is 0.0222. The van der Waals surface area contributed by atoms with Crippen LogP contribution in [0.1, 0.15) is 388 Å². The number of hydrogen-bond acceptors (Lipinski definition) is 15. The fourth-order valence-electron chi connectivity index (χ4n) is 11.4. The van der Waals surface area contributed by atoms with Crippen LogP contribution in [0, 0.1) is 5.92 Å². The van der Waals surface area contributed by atoms with Gasteiger partial charge in [0.1, 0.15) is 19.3 Å². The number of rotatable bonds is 74. The number of carbonyl (C=O) groups excluding carboxylic acids is 4. The Bertz CT molecular complexity index is 1790. The minimum absolute atomic E-state index is 0.104. The molecule has 0 saturated carbocycles. The van der Waals surface area contributed by atoms with Crippen LogP contribution >= 0.6 is 15.6 Å². The van der Waals surface area contributed by atoms with Crippen molar-refractivity contribution in [3.63, 3.8) is 0 Å². The van der Waals surface area contributed by atoms with Gasteiger partial charge in [-0.15, -0.1) is 0 Å². The standard InChI is InChI=1S/C74H144O17P2/c1-6-9-12-15-18-21-24-26-27-28-29-30-31-32-33-34-36-39-44-49-54-59-73(78)90-69(63-85-72(77)58-53-48-43-38-35-25-22-19-16-13-10-7-2)65-88-92(80,81)86-61-68(75)62-87-93(82,83)89-66-70(91-74(79)60-55-50-45-40-41-46-51-56-67(4)5)64-84-71(76)57-52-47-42-37-23-20-17-14-11-8-3/h67-70,75H,6-66H2,1-5H3,(H,80,81)(H,82,83)/t68-,69-,70-/m1/s1. The number of phosphoric ester groups is 2. The van der Waals surface area contributed by atoms with Gasteiger partial charge < -0.3 is 33.8 Å². The lowest BCUT2D eigenvalue weighted by Gasteiger charge is -2.21. The second kappa shape index (κ2) is 67.3. The Morgan fingerprint density at radius 3 is 0.731 bits per heavy atom. The number of esters is 4. The van der Waals surface area contributed by atoms with E-state index in [1.165, 1.54) is 212 Å². The third-order valence-corrected chi connectivity index (χ3v) is 19.2. The van der Waals surface area contributed by atoms with E-state index in [4.69, 9.17) is 37.0 Å². The normalized spacial score (nSPS) is 14.0. The summed E-state index contributed by atoms with van der Waals surface area (Å²) >= 11 is 0. The third kappa shape index (κ3) is 68.4. The maximum absolute atomic E-state index is 13.1. The van der Waals surface area contributed by atoms with Crippen molar-refractivity contribution in [3.05, 3.63) is 0 Å². The molecule has 2 unspecified atom stereocenters. The average molecular weight is 1370 g/mol. The largest absolute Gasteiger partial charge is 0.472 e. The predicted octanol–water partition coefficient (Wildman–Crippen LogP) is 21.7. The zero-order valence-electron chi connectivity index (χ0n) is 60.4. The van der Waals surface area contributed by atoms with Gasteiger partial charge in [0, 0.05) is 25.7 Å². The molecule has 552 valence electrons. The lowest BCUT2D eigenvalue weighted by molar-refractivity contribution is -0.161. The Morgan fingerprint density at radius 1 is 0.290 bits per heavy atom. The molecule has 0 radical (unpaired) electrons. The first-order chi connectivity index (χ1) is 45.0. The predicted molar refractivity (Wildman–Crippen MR) is 377 cm³/mol. The summed E-state index contributed by atoms with van der Waals surface area (Å²) in [7, 11) is -9.90. The molecule has 0 amide bonds. The zero-order chi connectivity index (χ0) is 68.4. The van der Waals surface area contributed by atoms with Crippen molar-refractivity contribution in [2.24, 2.45) is 5.92 Å². The molecule has 0 aromatic heterocycles. The smallest absolute Gasteiger partial charge is 0.462 e. The number of aliphatic hydroxyl groups excluding tert-OH is 1. The van der Waals surface area contributed by atoms with Gasteiger partial charge in [0.05, 0.1) is 26.4 Å². The van der Waals surface area contributed by atoms with Crippen LogP contribution in [0.5, 0.6) is 0 Å². The van der Waals surface area contributed by atoms with E-state index in [1.807, 2.05) is 0 Å². The van der Waals surface area contributed by atoms with Crippen molar-refractivity contribution in [2.45, 2.75) is 406 Å². The molecule has 0 spiro atoms. The molecule has 3 N–H and O–H groups in total. The molecule has 5 atom stereocenters. The van der Waals surface area contributed by atoms with Gasteiger partial charge in [-0.2, -0.15) is 0 Å². The second-order valence-corrected chi connectivity index (χ2v) is 30.1. The Labute approximate surface area is 568 Å². The van der Waals surface area contributed by atoms with E-state index in [0.717, 1.165) is 89.9 Å². The maximum Gasteiger partial charge on any atom is 0.472 e. The van der Waals surface area contributed by atoms with E-state index in [0.29, 0.717) is 31.6 Å². The van der Waals surface area contributed by atoms with E-state index < -0.39 is 97.5 Å². The van der Waals surface area contributed by atoms with Gasteiger partial charge in [-0.25, -0.2) is 9.13 Å². The monoisotopic (exact) mass is 1370 g/mol. The van der Waals surface area contributed by atoms with E-state index >= 15 is 0 Å². The summed E-state index contributed by atoms with van der Waals surface area (Å²) in [5, 5.41) is 10.6. The Morgan fingerprint density at radius 2 is 0.495 bits per heavy atom. The van der Waals surface area contributed by atoms with Gasteiger partial charge in [0.15, 0.2) is 12.2 Å². The van der Waals surface area contributed by atoms with Gasteiger partial charge >= 0.3 is 39.5 Å². The number of aliphatic hydroxyl groups is 1.